The Morgan fingerprint density at radius 3 is 2.69 bits per heavy atom. The van der Waals surface area contributed by atoms with Gasteiger partial charge in [-0.3, -0.25) is 4.79 Å². The van der Waals surface area contributed by atoms with Gasteiger partial charge >= 0.3 is 0 Å². The quantitative estimate of drug-likeness (QED) is 0.435. The Kier molecular flexibility index (Phi) is 6.88. The molecule has 5 rings (SSSR count). The highest BCUT2D eigenvalue weighted by atomic mass is 16.7. The van der Waals surface area contributed by atoms with E-state index < -0.39 is 12.0 Å². The van der Waals surface area contributed by atoms with Gasteiger partial charge in [0.1, 0.15) is 12.4 Å². The summed E-state index contributed by atoms with van der Waals surface area (Å²) in [7, 11) is 0. The van der Waals surface area contributed by atoms with E-state index in [-0.39, 0.29) is 6.04 Å². The topological polar surface area (TPSA) is 103 Å². The zero-order valence-electron chi connectivity index (χ0n) is 19.5. The third-order valence-electron chi connectivity index (χ3n) is 6.71. The maximum Gasteiger partial charge on any atom is 0.248 e. The first kappa shape index (κ1) is 23.2. The molecule has 182 valence electrons. The fraction of sp³-hybridized carbons (Fsp3) is 0.321. The highest BCUT2D eigenvalue weighted by molar-refractivity contribution is 5.92. The number of ether oxygens (including phenoxy) is 3. The average Bonchev–Trinajstić information content (AvgIpc) is 3.55. The molecule has 0 bridgehead atoms. The first-order valence-electron chi connectivity index (χ1n) is 12.0. The molecule has 2 aliphatic rings. The van der Waals surface area contributed by atoms with Crippen molar-refractivity contribution in [2.45, 2.75) is 50.5 Å². The summed E-state index contributed by atoms with van der Waals surface area (Å²) in [5, 5.41) is 14.5. The number of primary amides is 1. The molecule has 2 heterocycles. The molecule has 0 spiro atoms. The molecule has 35 heavy (non-hydrogen) atoms. The zero-order chi connectivity index (χ0) is 24.2. The van der Waals surface area contributed by atoms with E-state index in [4.69, 9.17) is 19.9 Å². The van der Waals surface area contributed by atoms with Crippen molar-refractivity contribution in [1.82, 2.24) is 5.32 Å². The van der Waals surface area contributed by atoms with Crippen molar-refractivity contribution in [1.29, 1.82) is 0 Å². The minimum absolute atomic E-state index is 0.0278. The number of nitrogens with two attached hydrogens (primary N) is 1. The van der Waals surface area contributed by atoms with Crippen molar-refractivity contribution < 1.29 is 24.1 Å². The number of aliphatic hydroxyl groups excluding tert-OH is 1. The first-order chi connectivity index (χ1) is 17.0. The van der Waals surface area contributed by atoms with E-state index in [9.17, 15) is 9.90 Å². The molecule has 0 radical (unpaired) electrons. The maximum absolute atomic E-state index is 11.3. The number of amides is 1. The van der Waals surface area contributed by atoms with Crippen LogP contribution in [0.5, 0.6) is 17.2 Å². The van der Waals surface area contributed by atoms with Crippen LogP contribution in [0.2, 0.25) is 0 Å². The molecule has 0 saturated carbocycles. The highest BCUT2D eigenvalue weighted by Gasteiger charge is 2.29. The standard InChI is InChI=1S/C28H30N2O5/c29-28(32)21-3-1-2-19(14-21)16-33-23-10-6-20(7-11-23)27(31)24-12-9-22(30-24)8-4-18-5-13-25-26(15-18)35-17-34-25/h1-3,5-7,10-11,13-15,22,24,27,30-31H,4,8-9,12,16-17H2,(H2,29,32). The summed E-state index contributed by atoms with van der Waals surface area (Å²) in [5.74, 6) is 1.87. The third kappa shape index (κ3) is 5.58. The second-order valence-electron chi connectivity index (χ2n) is 9.14. The van der Waals surface area contributed by atoms with Gasteiger partial charge < -0.3 is 30.4 Å². The Morgan fingerprint density at radius 2 is 1.86 bits per heavy atom. The van der Waals surface area contributed by atoms with Gasteiger partial charge in [-0.1, -0.05) is 30.3 Å². The molecule has 1 fully saturated rings. The smallest absolute Gasteiger partial charge is 0.248 e. The van der Waals surface area contributed by atoms with Crippen molar-refractivity contribution in [3.8, 4) is 17.2 Å². The lowest BCUT2D eigenvalue weighted by molar-refractivity contribution is 0.1000. The number of benzene rings is 3. The number of nitrogens with one attached hydrogen (secondary N) is 1. The Hall–Kier alpha value is -3.55. The van der Waals surface area contributed by atoms with Crippen LogP contribution >= 0.6 is 0 Å². The average molecular weight is 475 g/mol. The van der Waals surface area contributed by atoms with Crippen LogP contribution in [0.15, 0.2) is 66.7 Å². The van der Waals surface area contributed by atoms with Crippen molar-refractivity contribution in [2.75, 3.05) is 6.79 Å². The minimum Gasteiger partial charge on any atom is -0.489 e. The summed E-state index contributed by atoms with van der Waals surface area (Å²) in [4.78, 5) is 11.3. The molecular formula is C28H30N2O5. The molecule has 3 atom stereocenters. The molecule has 1 saturated heterocycles. The Bertz CT molecular complexity index is 1180. The summed E-state index contributed by atoms with van der Waals surface area (Å²) < 4.78 is 16.7. The van der Waals surface area contributed by atoms with E-state index in [1.807, 2.05) is 36.4 Å². The fourth-order valence-corrected chi connectivity index (χ4v) is 4.74. The lowest BCUT2D eigenvalue weighted by atomic mass is 10.0. The van der Waals surface area contributed by atoms with E-state index >= 15 is 0 Å². The van der Waals surface area contributed by atoms with Gasteiger partial charge in [-0.15, -0.1) is 0 Å². The molecule has 2 aliphatic heterocycles. The molecule has 0 aromatic heterocycles. The maximum atomic E-state index is 11.3. The van der Waals surface area contributed by atoms with Crippen LogP contribution in [0.3, 0.4) is 0 Å². The highest BCUT2D eigenvalue weighted by Crippen LogP contribution is 2.33. The third-order valence-corrected chi connectivity index (χ3v) is 6.71. The molecule has 4 N–H and O–H groups in total. The number of aryl methyl sites for hydroxylation is 1. The van der Waals surface area contributed by atoms with E-state index in [0.29, 0.717) is 30.8 Å². The van der Waals surface area contributed by atoms with E-state index in [2.05, 4.69) is 17.4 Å². The minimum atomic E-state index is -0.577. The van der Waals surface area contributed by atoms with Gasteiger partial charge in [0.25, 0.3) is 0 Å². The molecule has 3 unspecified atom stereocenters. The fourth-order valence-electron chi connectivity index (χ4n) is 4.74. The summed E-state index contributed by atoms with van der Waals surface area (Å²) in [6.07, 6.45) is 3.35. The van der Waals surface area contributed by atoms with Crippen LogP contribution < -0.4 is 25.3 Å². The molecule has 0 aliphatic carbocycles. The van der Waals surface area contributed by atoms with Crippen molar-refractivity contribution in [3.05, 3.63) is 89.0 Å². The van der Waals surface area contributed by atoms with Crippen molar-refractivity contribution in [2.24, 2.45) is 5.73 Å². The van der Waals surface area contributed by atoms with Gasteiger partial charge in [0.15, 0.2) is 11.5 Å². The summed E-state index contributed by atoms with van der Waals surface area (Å²) in [5.41, 5.74) is 8.76. The summed E-state index contributed by atoms with van der Waals surface area (Å²) >= 11 is 0. The monoisotopic (exact) mass is 474 g/mol. The second-order valence-corrected chi connectivity index (χ2v) is 9.14. The predicted octanol–water partition coefficient (Wildman–Crippen LogP) is 3.88. The van der Waals surface area contributed by atoms with E-state index in [0.717, 1.165) is 48.3 Å². The van der Waals surface area contributed by atoms with Crippen LogP contribution in [0, 0.1) is 0 Å². The number of carbonyl (C=O) groups excluding carboxylic acids is 1. The van der Waals surface area contributed by atoms with Gasteiger partial charge in [-0.2, -0.15) is 0 Å². The molecule has 1 amide bonds. The van der Waals surface area contributed by atoms with Crippen molar-refractivity contribution >= 4 is 5.91 Å². The summed E-state index contributed by atoms with van der Waals surface area (Å²) in [6, 6.07) is 21.1. The van der Waals surface area contributed by atoms with Gasteiger partial charge in [0, 0.05) is 17.6 Å². The van der Waals surface area contributed by atoms with Gasteiger partial charge in [0.05, 0.1) is 6.10 Å². The van der Waals surface area contributed by atoms with Crippen LogP contribution in [-0.2, 0) is 13.0 Å². The van der Waals surface area contributed by atoms with Crippen LogP contribution in [0.4, 0.5) is 0 Å². The predicted molar refractivity (Wildman–Crippen MR) is 132 cm³/mol. The van der Waals surface area contributed by atoms with Gasteiger partial charge in [-0.25, -0.2) is 0 Å². The van der Waals surface area contributed by atoms with Gasteiger partial charge in [0.2, 0.25) is 12.7 Å². The Morgan fingerprint density at radius 1 is 1.03 bits per heavy atom. The molecule has 7 nitrogen and oxygen atoms in total. The van der Waals surface area contributed by atoms with E-state index in [1.54, 1.807) is 18.2 Å². The lowest BCUT2D eigenvalue weighted by Crippen LogP contribution is -2.34. The van der Waals surface area contributed by atoms with Crippen molar-refractivity contribution in [3.63, 3.8) is 0 Å². The van der Waals surface area contributed by atoms with Crippen LogP contribution in [0.25, 0.3) is 0 Å². The second kappa shape index (κ2) is 10.4. The Labute approximate surface area is 204 Å². The molecule has 7 heteroatoms. The Balaban J connectivity index is 1.10. The SMILES string of the molecule is NC(=O)c1cccc(COc2ccc(C(O)C3CCC(CCc4ccc5c(c4)OCO5)N3)cc2)c1. The number of rotatable bonds is 9. The van der Waals surface area contributed by atoms with E-state index in [1.165, 1.54) is 5.56 Å². The van der Waals surface area contributed by atoms with Gasteiger partial charge in [-0.05, 0) is 78.8 Å². The number of hydrogen-bond donors (Lipinski definition) is 3. The number of fused-ring (bicyclic) bond motifs is 1. The van der Waals surface area contributed by atoms with Crippen LogP contribution in [0.1, 0.15) is 52.4 Å². The molecular weight excluding hydrogens is 444 g/mol. The number of aliphatic hydroxyl groups is 1. The molecule has 3 aromatic carbocycles. The lowest BCUT2D eigenvalue weighted by Gasteiger charge is -2.21. The normalized spacial score (nSPS) is 19.5. The largest absolute Gasteiger partial charge is 0.489 e. The first-order valence-corrected chi connectivity index (χ1v) is 12.0. The number of hydrogen-bond acceptors (Lipinski definition) is 6. The zero-order valence-corrected chi connectivity index (χ0v) is 19.5. The van der Waals surface area contributed by atoms with Crippen LogP contribution in [-0.4, -0.2) is 29.9 Å². The number of carbonyl (C=O) groups is 1. The molecule has 3 aromatic rings. The summed E-state index contributed by atoms with van der Waals surface area (Å²) in [6.45, 7) is 0.624.